The average molecular weight is 348 g/mol. The van der Waals surface area contributed by atoms with Crippen molar-refractivity contribution < 1.29 is 9.59 Å². The Kier molecular flexibility index (Phi) is 4.16. The Hall–Kier alpha value is -3.15. The van der Waals surface area contributed by atoms with Gasteiger partial charge in [-0.05, 0) is 37.1 Å². The van der Waals surface area contributed by atoms with Crippen LogP contribution in [0.1, 0.15) is 17.5 Å². The van der Waals surface area contributed by atoms with Crippen molar-refractivity contribution in [2.24, 2.45) is 4.99 Å². The number of aryl methyl sites for hydroxylation is 1. The maximum Gasteiger partial charge on any atom is 0.252 e. The number of hydrogen-bond acceptors (Lipinski definition) is 4. The van der Waals surface area contributed by atoms with Gasteiger partial charge in [0.1, 0.15) is 6.04 Å². The number of aliphatic imine (C=N–C) groups is 1. The molecule has 6 nitrogen and oxygen atoms in total. The number of rotatable bonds is 3. The number of nitrogens with zero attached hydrogens (tertiary/aromatic N) is 2. The fraction of sp³-hybridized carbons (Fsp3) is 0.250. The second kappa shape index (κ2) is 6.63. The standard InChI is InChI=1S/C20H20N4O2/c1-13-6-8-15(9-7-13)21-18(25)12-16-19(26)23-20(22-16)24-11-10-14-4-2-3-5-17(14)24/h2-9,16H,10-12H2,1H3,(H,21,25)(H,22,23,26)/t16-/m1/s1. The molecule has 2 heterocycles. The van der Waals surface area contributed by atoms with Crippen molar-refractivity contribution in [2.45, 2.75) is 25.8 Å². The first-order chi connectivity index (χ1) is 12.6. The number of guanidine groups is 1. The Morgan fingerprint density at radius 2 is 2.00 bits per heavy atom. The third-order valence-electron chi connectivity index (χ3n) is 4.67. The fourth-order valence-electron chi connectivity index (χ4n) is 3.29. The molecule has 0 saturated heterocycles. The molecular weight excluding hydrogens is 328 g/mol. The molecule has 2 amide bonds. The molecule has 0 aliphatic carbocycles. The van der Waals surface area contributed by atoms with Crippen LogP contribution in [0.5, 0.6) is 0 Å². The molecule has 26 heavy (non-hydrogen) atoms. The van der Waals surface area contributed by atoms with Crippen molar-refractivity contribution in [3.8, 4) is 0 Å². The van der Waals surface area contributed by atoms with Crippen LogP contribution >= 0.6 is 0 Å². The molecule has 0 bridgehead atoms. The summed E-state index contributed by atoms with van der Waals surface area (Å²) in [6, 6.07) is 14.9. The quantitative estimate of drug-likeness (QED) is 0.893. The van der Waals surface area contributed by atoms with Gasteiger partial charge in [-0.1, -0.05) is 35.9 Å². The third-order valence-corrected chi connectivity index (χ3v) is 4.67. The normalized spacial score (nSPS) is 18.3. The lowest BCUT2D eigenvalue weighted by Gasteiger charge is -2.18. The van der Waals surface area contributed by atoms with Crippen molar-refractivity contribution in [1.29, 1.82) is 0 Å². The van der Waals surface area contributed by atoms with E-state index < -0.39 is 6.04 Å². The molecule has 2 aromatic carbocycles. The highest BCUT2D eigenvalue weighted by atomic mass is 16.2. The van der Waals surface area contributed by atoms with Gasteiger partial charge in [-0.3, -0.25) is 14.9 Å². The van der Waals surface area contributed by atoms with Crippen molar-refractivity contribution in [2.75, 3.05) is 16.8 Å². The number of carbonyl (C=O) groups excluding carboxylic acids is 2. The van der Waals surface area contributed by atoms with E-state index in [0.717, 1.165) is 29.9 Å². The summed E-state index contributed by atoms with van der Waals surface area (Å²) < 4.78 is 0. The smallest absolute Gasteiger partial charge is 0.252 e. The van der Waals surface area contributed by atoms with E-state index in [4.69, 9.17) is 0 Å². The Labute approximate surface area is 151 Å². The summed E-state index contributed by atoms with van der Waals surface area (Å²) in [7, 11) is 0. The van der Waals surface area contributed by atoms with Gasteiger partial charge < -0.3 is 10.2 Å². The number of benzene rings is 2. The van der Waals surface area contributed by atoms with Gasteiger partial charge in [-0.25, -0.2) is 4.99 Å². The molecule has 1 atom stereocenters. The number of nitrogens with one attached hydrogen (secondary N) is 2. The minimum Gasteiger partial charge on any atom is -0.326 e. The highest BCUT2D eigenvalue weighted by Crippen LogP contribution is 2.28. The predicted molar refractivity (Wildman–Crippen MR) is 101 cm³/mol. The summed E-state index contributed by atoms with van der Waals surface area (Å²) in [5.74, 6) is 0.0809. The second-order valence-electron chi connectivity index (χ2n) is 6.61. The zero-order valence-electron chi connectivity index (χ0n) is 14.5. The lowest BCUT2D eigenvalue weighted by Crippen LogP contribution is -2.40. The highest BCUT2D eigenvalue weighted by molar-refractivity contribution is 6.13. The van der Waals surface area contributed by atoms with Gasteiger partial charge in [-0.2, -0.15) is 0 Å². The molecule has 0 unspecified atom stereocenters. The zero-order valence-corrected chi connectivity index (χ0v) is 14.5. The fourth-order valence-corrected chi connectivity index (χ4v) is 3.29. The van der Waals surface area contributed by atoms with Gasteiger partial charge in [0.15, 0.2) is 0 Å². The molecule has 2 aromatic rings. The van der Waals surface area contributed by atoms with Crippen LogP contribution in [0, 0.1) is 6.92 Å². The van der Waals surface area contributed by atoms with Crippen molar-refractivity contribution >= 4 is 29.1 Å². The number of amides is 2. The Morgan fingerprint density at radius 3 is 2.81 bits per heavy atom. The molecule has 2 aliphatic rings. The Balaban J connectivity index is 1.44. The molecule has 2 N–H and O–H groups in total. The molecular formula is C20H20N4O2. The van der Waals surface area contributed by atoms with Crippen molar-refractivity contribution in [1.82, 2.24) is 5.32 Å². The molecule has 6 heteroatoms. The SMILES string of the molecule is Cc1ccc(NC(=O)C[C@H]2N=C(N3CCc4ccccc43)NC2=O)cc1. The number of para-hydroxylation sites is 1. The molecule has 0 saturated carbocycles. The van der Waals surface area contributed by atoms with E-state index in [1.54, 1.807) is 0 Å². The zero-order chi connectivity index (χ0) is 18.1. The van der Waals surface area contributed by atoms with Crippen molar-refractivity contribution in [3.05, 3.63) is 59.7 Å². The van der Waals surface area contributed by atoms with Crippen LogP contribution in [-0.2, 0) is 16.0 Å². The maximum atomic E-state index is 12.3. The summed E-state index contributed by atoms with van der Waals surface area (Å²) >= 11 is 0. The van der Waals surface area contributed by atoms with Gasteiger partial charge in [0.2, 0.25) is 11.9 Å². The van der Waals surface area contributed by atoms with Crippen LogP contribution in [0.2, 0.25) is 0 Å². The van der Waals surface area contributed by atoms with Gasteiger partial charge in [0.05, 0.1) is 6.42 Å². The molecule has 2 aliphatic heterocycles. The number of fused-ring (bicyclic) bond motifs is 1. The molecule has 0 aromatic heterocycles. The average Bonchev–Trinajstić information content (AvgIpc) is 3.21. The van der Waals surface area contributed by atoms with Crippen LogP contribution in [0.3, 0.4) is 0 Å². The molecule has 132 valence electrons. The van der Waals surface area contributed by atoms with Crippen LogP contribution in [-0.4, -0.2) is 30.4 Å². The van der Waals surface area contributed by atoms with E-state index >= 15 is 0 Å². The lowest BCUT2D eigenvalue weighted by atomic mass is 10.2. The first-order valence-electron chi connectivity index (χ1n) is 8.71. The van der Waals surface area contributed by atoms with Gasteiger partial charge in [0.25, 0.3) is 5.91 Å². The first-order valence-corrected chi connectivity index (χ1v) is 8.71. The summed E-state index contributed by atoms with van der Waals surface area (Å²) in [5.41, 5.74) is 4.15. The van der Waals surface area contributed by atoms with Crippen LogP contribution < -0.4 is 15.5 Å². The highest BCUT2D eigenvalue weighted by Gasteiger charge is 2.33. The largest absolute Gasteiger partial charge is 0.326 e. The van der Waals surface area contributed by atoms with E-state index in [1.807, 2.05) is 54.3 Å². The number of carbonyl (C=O) groups is 2. The summed E-state index contributed by atoms with van der Waals surface area (Å²) in [4.78, 5) is 31.0. The van der Waals surface area contributed by atoms with Gasteiger partial charge in [-0.15, -0.1) is 0 Å². The summed E-state index contributed by atoms with van der Waals surface area (Å²) in [5, 5.41) is 5.64. The van der Waals surface area contributed by atoms with Crippen LogP contribution in [0.4, 0.5) is 11.4 Å². The van der Waals surface area contributed by atoms with Gasteiger partial charge in [0, 0.05) is 17.9 Å². The van der Waals surface area contributed by atoms with Crippen LogP contribution in [0.25, 0.3) is 0 Å². The summed E-state index contributed by atoms with van der Waals surface area (Å²) in [6.07, 6.45) is 0.947. The monoisotopic (exact) mass is 348 g/mol. The topological polar surface area (TPSA) is 73.8 Å². The molecule has 0 fully saturated rings. The molecule has 0 spiro atoms. The van der Waals surface area contributed by atoms with E-state index in [9.17, 15) is 9.59 Å². The predicted octanol–water partition coefficient (Wildman–Crippen LogP) is 2.24. The number of anilines is 2. The van der Waals surface area contributed by atoms with Gasteiger partial charge >= 0.3 is 0 Å². The number of hydrogen-bond donors (Lipinski definition) is 2. The van der Waals surface area contributed by atoms with E-state index in [1.165, 1.54) is 5.56 Å². The van der Waals surface area contributed by atoms with E-state index in [2.05, 4.69) is 21.7 Å². The molecule has 4 rings (SSSR count). The minimum absolute atomic E-state index is 0.0265. The Bertz CT molecular complexity index is 889. The Morgan fingerprint density at radius 1 is 1.23 bits per heavy atom. The maximum absolute atomic E-state index is 12.3. The van der Waals surface area contributed by atoms with E-state index in [-0.39, 0.29) is 18.2 Å². The molecule has 0 radical (unpaired) electrons. The minimum atomic E-state index is -0.691. The van der Waals surface area contributed by atoms with Crippen molar-refractivity contribution in [3.63, 3.8) is 0 Å². The summed E-state index contributed by atoms with van der Waals surface area (Å²) in [6.45, 7) is 2.77. The van der Waals surface area contributed by atoms with E-state index in [0.29, 0.717) is 5.96 Å². The first kappa shape index (κ1) is 16.3. The van der Waals surface area contributed by atoms with Crippen LogP contribution in [0.15, 0.2) is 53.5 Å². The lowest BCUT2D eigenvalue weighted by molar-refractivity contribution is -0.123. The third kappa shape index (κ3) is 3.18. The second-order valence-corrected chi connectivity index (χ2v) is 6.61.